The highest BCUT2D eigenvalue weighted by atomic mass is 14.7. The quantitative estimate of drug-likeness (QED) is 0.502. The number of hydrogen-bond donors (Lipinski definition) is 0. The zero-order chi connectivity index (χ0) is 6.69. The maximum Gasteiger partial charge on any atom is 0.196 e. The van der Waals surface area contributed by atoms with E-state index in [2.05, 4.69) is 23.6 Å². The van der Waals surface area contributed by atoms with Gasteiger partial charge in [-0.2, -0.15) is 0 Å². The van der Waals surface area contributed by atoms with Crippen LogP contribution in [0, 0.1) is 0 Å². The zero-order valence-electron chi connectivity index (χ0n) is 5.70. The predicted octanol–water partition coefficient (Wildman–Crippen LogP) is 0.438. The molecule has 0 aromatic carbocycles. The number of aromatic nitrogens is 2. The van der Waals surface area contributed by atoms with E-state index in [1.165, 1.54) is 0 Å². The van der Waals surface area contributed by atoms with E-state index in [-0.39, 0.29) is 0 Å². The van der Waals surface area contributed by atoms with Crippen molar-refractivity contribution in [2.45, 2.75) is 13.6 Å². The molecule has 1 rings (SSSR count). The maximum absolute atomic E-state index is 4.12. The number of rotatable bonds is 1. The summed E-state index contributed by atoms with van der Waals surface area (Å²) in [7, 11) is 0. The molecule has 1 aromatic heterocycles. The third-order valence-electron chi connectivity index (χ3n) is 1.17. The highest BCUT2D eigenvalue weighted by molar-refractivity contribution is 6.69. The van der Waals surface area contributed by atoms with E-state index < -0.39 is 0 Å². The lowest BCUT2D eigenvalue weighted by atomic mass is 9.52. The summed E-state index contributed by atoms with van der Waals surface area (Å²) in [6, 6.07) is 0. The molecular weight excluding hydrogens is 111 g/mol. The van der Waals surface area contributed by atoms with Crippen molar-refractivity contribution in [2.75, 3.05) is 0 Å². The molecular formula is C6H9BN2. The molecule has 0 aliphatic carbocycles. The second-order valence-corrected chi connectivity index (χ2v) is 2.28. The molecule has 0 saturated heterocycles. The van der Waals surface area contributed by atoms with Gasteiger partial charge in [0.2, 0.25) is 0 Å². The predicted molar refractivity (Wildman–Crippen MR) is 39.1 cm³/mol. The summed E-state index contributed by atoms with van der Waals surface area (Å²) in [5.74, 6) is 0. The summed E-state index contributed by atoms with van der Waals surface area (Å²) < 4.78 is 0. The lowest BCUT2D eigenvalue weighted by Crippen LogP contribution is -2.25. The molecule has 0 unspecified atom stereocenters. The normalized spacial score (nSPS) is 9.11. The first-order valence-corrected chi connectivity index (χ1v) is 3.06. The molecule has 0 radical (unpaired) electrons. The molecule has 3 heteroatoms. The van der Waals surface area contributed by atoms with Gasteiger partial charge < -0.3 is 0 Å². The van der Waals surface area contributed by atoms with E-state index in [9.17, 15) is 0 Å². The van der Waals surface area contributed by atoms with Crippen LogP contribution in [0.15, 0.2) is 18.6 Å². The maximum atomic E-state index is 4.12. The molecule has 0 N–H and O–H groups in total. The van der Waals surface area contributed by atoms with Gasteiger partial charge in [-0.05, 0) is 0 Å². The molecule has 0 fully saturated rings. The Labute approximate surface area is 55.4 Å². The SMILES string of the molecule is CB(C)c1cnccn1. The Balaban J connectivity index is 2.85. The van der Waals surface area contributed by atoms with Crippen molar-refractivity contribution >= 4 is 12.3 Å². The number of hydrogen-bond acceptors (Lipinski definition) is 2. The van der Waals surface area contributed by atoms with Crippen molar-refractivity contribution in [2.24, 2.45) is 0 Å². The van der Waals surface area contributed by atoms with E-state index in [1.807, 2.05) is 0 Å². The lowest BCUT2D eigenvalue weighted by molar-refractivity contribution is 1.24. The third-order valence-corrected chi connectivity index (χ3v) is 1.17. The second kappa shape index (κ2) is 2.62. The van der Waals surface area contributed by atoms with Crippen LogP contribution in [0.1, 0.15) is 0 Å². The van der Waals surface area contributed by atoms with E-state index in [0.717, 1.165) is 5.59 Å². The topological polar surface area (TPSA) is 25.8 Å². The highest BCUT2D eigenvalue weighted by Gasteiger charge is 2.01. The van der Waals surface area contributed by atoms with Gasteiger partial charge in [-0.15, -0.1) is 0 Å². The van der Waals surface area contributed by atoms with Gasteiger partial charge in [0.05, 0.1) is 0 Å². The summed E-state index contributed by atoms with van der Waals surface area (Å²) in [6.45, 7) is 4.69. The summed E-state index contributed by atoms with van der Waals surface area (Å²) in [5, 5.41) is 0. The molecule has 9 heavy (non-hydrogen) atoms. The third kappa shape index (κ3) is 1.52. The molecule has 0 amide bonds. The Morgan fingerprint density at radius 2 is 2.11 bits per heavy atom. The van der Waals surface area contributed by atoms with Crippen molar-refractivity contribution < 1.29 is 0 Å². The van der Waals surface area contributed by atoms with E-state index in [1.54, 1.807) is 18.6 Å². The van der Waals surface area contributed by atoms with Gasteiger partial charge in [-0.1, -0.05) is 13.6 Å². The van der Waals surface area contributed by atoms with Gasteiger partial charge in [-0.25, -0.2) is 0 Å². The van der Waals surface area contributed by atoms with Crippen molar-refractivity contribution in [3.8, 4) is 0 Å². The van der Waals surface area contributed by atoms with Crippen LogP contribution in [0.2, 0.25) is 13.6 Å². The van der Waals surface area contributed by atoms with Gasteiger partial charge in [-0.3, -0.25) is 9.97 Å². The average Bonchev–Trinajstić information content (AvgIpc) is 1.90. The van der Waals surface area contributed by atoms with Crippen LogP contribution < -0.4 is 5.59 Å². The minimum Gasteiger partial charge on any atom is -0.268 e. The second-order valence-electron chi connectivity index (χ2n) is 2.28. The van der Waals surface area contributed by atoms with Crippen molar-refractivity contribution in [1.29, 1.82) is 0 Å². The molecule has 0 saturated carbocycles. The molecule has 1 heterocycles. The average molecular weight is 120 g/mol. The summed E-state index contributed by atoms with van der Waals surface area (Å²) in [4.78, 5) is 8.06. The van der Waals surface area contributed by atoms with Gasteiger partial charge in [0.25, 0.3) is 0 Å². The van der Waals surface area contributed by atoms with Gasteiger partial charge >= 0.3 is 0 Å². The molecule has 46 valence electrons. The first kappa shape index (κ1) is 6.27. The minimum absolute atomic E-state index is 0.485. The van der Waals surface area contributed by atoms with Gasteiger partial charge in [0.15, 0.2) is 6.71 Å². The molecule has 0 spiro atoms. The Hall–Kier alpha value is -0.855. The summed E-state index contributed by atoms with van der Waals surface area (Å²) in [6.07, 6.45) is 5.20. The Bertz CT molecular complexity index is 174. The van der Waals surface area contributed by atoms with Gasteiger partial charge in [0.1, 0.15) is 0 Å². The molecule has 1 aromatic rings. The van der Waals surface area contributed by atoms with Crippen molar-refractivity contribution in [3.05, 3.63) is 18.6 Å². The highest BCUT2D eigenvalue weighted by Crippen LogP contribution is 1.77. The smallest absolute Gasteiger partial charge is 0.196 e. The Morgan fingerprint density at radius 3 is 2.44 bits per heavy atom. The molecule has 0 bridgehead atoms. The fourth-order valence-corrected chi connectivity index (χ4v) is 0.609. The van der Waals surface area contributed by atoms with Crippen LogP contribution in [0.25, 0.3) is 0 Å². The largest absolute Gasteiger partial charge is 0.268 e. The Morgan fingerprint density at radius 1 is 1.33 bits per heavy atom. The standard InChI is InChI=1S/C6H9BN2/c1-7(2)6-5-8-3-4-9-6/h3-5H,1-2H3. The van der Waals surface area contributed by atoms with Crippen LogP contribution in [0.4, 0.5) is 0 Å². The van der Waals surface area contributed by atoms with Crippen LogP contribution in [0.5, 0.6) is 0 Å². The monoisotopic (exact) mass is 120 g/mol. The van der Waals surface area contributed by atoms with E-state index in [0.29, 0.717) is 6.71 Å². The summed E-state index contributed by atoms with van der Waals surface area (Å²) in [5.41, 5.74) is 1.05. The van der Waals surface area contributed by atoms with Crippen molar-refractivity contribution in [3.63, 3.8) is 0 Å². The van der Waals surface area contributed by atoms with Crippen LogP contribution in [-0.2, 0) is 0 Å². The van der Waals surface area contributed by atoms with Crippen LogP contribution >= 0.6 is 0 Å². The van der Waals surface area contributed by atoms with Crippen LogP contribution in [0.3, 0.4) is 0 Å². The lowest BCUT2D eigenvalue weighted by Gasteiger charge is -1.95. The van der Waals surface area contributed by atoms with E-state index in [4.69, 9.17) is 0 Å². The molecule has 0 atom stereocenters. The zero-order valence-corrected chi connectivity index (χ0v) is 5.70. The molecule has 0 aliphatic rings. The van der Waals surface area contributed by atoms with Crippen molar-refractivity contribution in [1.82, 2.24) is 9.97 Å². The van der Waals surface area contributed by atoms with Gasteiger partial charge in [0, 0.05) is 24.2 Å². The fourth-order valence-electron chi connectivity index (χ4n) is 0.609. The minimum atomic E-state index is 0.485. The fraction of sp³-hybridized carbons (Fsp3) is 0.333. The molecule has 0 aliphatic heterocycles. The summed E-state index contributed by atoms with van der Waals surface area (Å²) >= 11 is 0. The first-order valence-electron chi connectivity index (χ1n) is 3.06. The first-order chi connectivity index (χ1) is 4.30. The Kier molecular flexibility index (Phi) is 1.83. The van der Waals surface area contributed by atoms with E-state index >= 15 is 0 Å². The van der Waals surface area contributed by atoms with Crippen LogP contribution in [-0.4, -0.2) is 16.7 Å². The molecule has 2 nitrogen and oxygen atoms in total. The number of nitrogens with zero attached hydrogens (tertiary/aromatic N) is 2.